The topological polar surface area (TPSA) is 143 Å². The van der Waals surface area contributed by atoms with Crippen molar-refractivity contribution in [1.82, 2.24) is 5.43 Å². The molecule has 4 aromatic rings. The van der Waals surface area contributed by atoms with Gasteiger partial charge in [0, 0.05) is 26.9 Å². The van der Waals surface area contributed by atoms with Gasteiger partial charge in [-0.2, -0.15) is 5.10 Å². The van der Waals surface area contributed by atoms with Gasteiger partial charge in [0.25, 0.3) is 11.8 Å². The van der Waals surface area contributed by atoms with Crippen LogP contribution in [0.5, 0.6) is 34.5 Å². The number of nitrogens with one attached hydrogen (secondary N) is 2. The number of hydrogen-bond acceptors (Lipinski definition) is 10. The molecule has 0 unspecified atom stereocenters. The number of carbonyl (C=O) groups excluding carboxylic acids is 3. The molecule has 2 amide bonds. The van der Waals surface area contributed by atoms with E-state index in [9.17, 15) is 14.4 Å². The third-order valence-electron chi connectivity index (χ3n) is 6.46. The van der Waals surface area contributed by atoms with Gasteiger partial charge in [0.2, 0.25) is 12.5 Å². The molecule has 1 aliphatic rings. The first kappa shape index (κ1) is 30.9. The number of anilines is 1. The first-order valence-electron chi connectivity index (χ1n) is 13.3. The van der Waals surface area contributed by atoms with Gasteiger partial charge < -0.3 is 33.7 Å². The lowest BCUT2D eigenvalue weighted by atomic mass is 10.1. The van der Waals surface area contributed by atoms with Crippen LogP contribution in [-0.4, -0.2) is 52.1 Å². The van der Waals surface area contributed by atoms with Gasteiger partial charge in [0.05, 0.1) is 33.1 Å². The summed E-state index contributed by atoms with van der Waals surface area (Å²) in [5.74, 6) is 0.556. The van der Waals surface area contributed by atoms with E-state index in [-0.39, 0.29) is 29.6 Å². The van der Waals surface area contributed by atoms with E-state index in [0.717, 1.165) is 0 Å². The van der Waals surface area contributed by atoms with E-state index in [1.807, 2.05) is 0 Å². The maximum Gasteiger partial charge on any atom is 0.343 e. The second-order valence-electron chi connectivity index (χ2n) is 9.29. The smallest absolute Gasteiger partial charge is 0.343 e. The van der Waals surface area contributed by atoms with Crippen LogP contribution in [0.2, 0.25) is 0 Å². The third kappa shape index (κ3) is 7.16. The van der Waals surface area contributed by atoms with Gasteiger partial charge in [-0.15, -0.1) is 0 Å². The lowest BCUT2D eigenvalue weighted by Crippen LogP contribution is -2.18. The number of benzene rings is 4. The Bertz CT molecular complexity index is 1780. The molecule has 4 aromatic carbocycles. The largest absolute Gasteiger partial charge is 0.493 e. The Hall–Kier alpha value is -5.56. The maximum absolute atomic E-state index is 13.1. The summed E-state index contributed by atoms with van der Waals surface area (Å²) in [5, 5.41) is 6.80. The first-order chi connectivity index (χ1) is 21.8. The van der Waals surface area contributed by atoms with Crippen LogP contribution in [0.1, 0.15) is 36.6 Å². The molecule has 0 saturated carbocycles. The van der Waals surface area contributed by atoms with Gasteiger partial charge in [0.15, 0.2) is 23.0 Å². The van der Waals surface area contributed by atoms with Gasteiger partial charge in [-0.3, -0.25) is 9.59 Å². The molecule has 45 heavy (non-hydrogen) atoms. The summed E-state index contributed by atoms with van der Waals surface area (Å²) in [6, 6.07) is 19.1. The first-order valence-corrected chi connectivity index (χ1v) is 14.0. The highest BCUT2D eigenvalue weighted by atomic mass is 79.9. The number of fused-ring (bicyclic) bond motifs is 1. The summed E-state index contributed by atoms with van der Waals surface area (Å²) in [4.78, 5) is 38.7. The Kier molecular flexibility index (Phi) is 9.49. The Labute approximate surface area is 266 Å². The van der Waals surface area contributed by atoms with Gasteiger partial charge in [0.1, 0.15) is 5.75 Å². The standard InChI is InChI=1S/C32H26BrN3O9/c1-40-27-14-20(15-28(41-2)29(27)42-3)32(39)45-24-10-8-22(33)11-21(24)16-34-36-31(38)18-5-4-6-23(12-18)35-30(37)19-7-9-25-26(13-19)44-17-43-25/h4-16H,17H2,1-3H3,(H,35,37)(H,36,38). The average Bonchev–Trinajstić information content (AvgIpc) is 3.53. The highest BCUT2D eigenvalue weighted by Gasteiger charge is 2.20. The quantitative estimate of drug-likeness (QED) is 0.0972. The van der Waals surface area contributed by atoms with Crippen LogP contribution in [0, 0.1) is 0 Å². The van der Waals surface area contributed by atoms with Gasteiger partial charge in [-0.25, -0.2) is 10.2 Å². The van der Waals surface area contributed by atoms with Crippen molar-refractivity contribution in [3.05, 3.63) is 99.5 Å². The summed E-state index contributed by atoms with van der Waals surface area (Å²) in [5.41, 5.74) is 4.03. The SMILES string of the molecule is COc1cc(C(=O)Oc2ccc(Br)cc2C=NNC(=O)c2cccc(NC(=O)c3ccc4c(c3)OCO4)c2)cc(OC)c1OC. The molecular weight excluding hydrogens is 650 g/mol. The van der Waals surface area contributed by atoms with E-state index in [1.54, 1.807) is 54.6 Å². The van der Waals surface area contributed by atoms with E-state index in [4.69, 9.17) is 28.4 Å². The molecule has 0 aromatic heterocycles. The zero-order valence-electron chi connectivity index (χ0n) is 24.2. The Morgan fingerprint density at radius 3 is 2.24 bits per heavy atom. The molecule has 1 heterocycles. The highest BCUT2D eigenvalue weighted by Crippen LogP contribution is 2.38. The van der Waals surface area contributed by atoms with Crippen molar-refractivity contribution in [3.8, 4) is 34.5 Å². The van der Waals surface area contributed by atoms with E-state index < -0.39 is 11.9 Å². The lowest BCUT2D eigenvalue weighted by molar-refractivity contribution is 0.0733. The van der Waals surface area contributed by atoms with Crippen molar-refractivity contribution < 1.29 is 42.8 Å². The van der Waals surface area contributed by atoms with E-state index in [1.165, 1.54) is 45.7 Å². The molecule has 230 valence electrons. The molecule has 0 saturated heterocycles. The number of amides is 2. The number of hydrogen-bond donors (Lipinski definition) is 2. The van der Waals surface area contributed by atoms with Gasteiger partial charge >= 0.3 is 5.97 Å². The van der Waals surface area contributed by atoms with Gasteiger partial charge in [-0.05, 0) is 66.7 Å². The Morgan fingerprint density at radius 1 is 0.778 bits per heavy atom. The van der Waals surface area contributed by atoms with Crippen molar-refractivity contribution in [2.75, 3.05) is 33.4 Å². The van der Waals surface area contributed by atoms with Crippen molar-refractivity contribution in [2.45, 2.75) is 0 Å². The second-order valence-corrected chi connectivity index (χ2v) is 10.2. The van der Waals surface area contributed by atoms with Crippen molar-refractivity contribution in [2.24, 2.45) is 5.10 Å². The zero-order chi connectivity index (χ0) is 31.9. The predicted octanol–water partition coefficient (Wildman–Crippen LogP) is 5.44. The summed E-state index contributed by atoms with van der Waals surface area (Å²) in [7, 11) is 4.34. The fourth-order valence-electron chi connectivity index (χ4n) is 4.28. The molecule has 0 fully saturated rings. The van der Waals surface area contributed by atoms with Gasteiger partial charge in [-0.1, -0.05) is 22.0 Å². The minimum Gasteiger partial charge on any atom is -0.493 e. The fourth-order valence-corrected chi connectivity index (χ4v) is 4.65. The Morgan fingerprint density at radius 2 is 1.51 bits per heavy atom. The molecule has 2 N–H and O–H groups in total. The zero-order valence-corrected chi connectivity index (χ0v) is 25.8. The number of hydrazone groups is 1. The van der Waals surface area contributed by atoms with Crippen molar-refractivity contribution in [3.63, 3.8) is 0 Å². The average molecular weight is 676 g/mol. The van der Waals surface area contributed by atoms with Crippen LogP contribution in [0.15, 0.2) is 82.4 Å². The number of nitrogens with zero attached hydrogens (tertiary/aromatic N) is 1. The normalized spacial score (nSPS) is 11.6. The monoisotopic (exact) mass is 675 g/mol. The Balaban J connectivity index is 1.26. The maximum atomic E-state index is 13.1. The number of esters is 1. The van der Waals surface area contributed by atoms with Crippen LogP contribution in [0.4, 0.5) is 5.69 Å². The molecule has 0 spiro atoms. The van der Waals surface area contributed by atoms with E-state index >= 15 is 0 Å². The molecule has 0 bridgehead atoms. The lowest BCUT2D eigenvalue weighted by Gasteiger charge is -2.14. The van der Waals surface area contributed by atoms with Crippen molar-refractivity contribution in [1.29, 1.82) is 0 Å². The van der Waals surface area contributed by atoms with Crippen LogP contribution < -0.4 is 39.2 Å². The fraction of sp³-hybridized carbons (Fsp3) is 0.125. The van der Waals surface area contributed by atoms with Crippen molar-refractivity contribution >= 4 is 45.6 Å². The molecule has 12 nitrogen and oxygen atoms in total. The second kappa shape index (κ2) is 13.8. The molecular formula is C32H26BrN3O9. The van der Waals surface area contributed by atoms with E-state index in [2.05, 4.69) is 31.8 Å². The molecule has 0 aliphatic carbocycles. The molecule has 5 rings (SSSR count). The minimum atomic E-state index is -0.685. The number of rotatable bonds is 10. The van der Waals surface area contributed by atoms with Crippen LogP contribution >= 0.6 is 15.9 Å². The van der Waals surface area contributed by atoms with Crippen LogP contribution in [0.25, 0.3) is 0 Å². The van der Waals surface area contributed by atoms with Crippen LogP contribution in [-0.2, 0) is 0 Å². The molecule has 1 aliphatic heterocycles. The number of methoxy groups -OCH3 is 3. The molecule has 0 radical (unpaired) electrons. The molecule has 13 heteroatoms. The minimum absolute atomic E-state index is 0.100. The number of halogens is 1. The predicted molar refractivity (Wildman–Crippen MR) is 167 cm³/mol. The highest BCUT2D eigenvalue weighted by molar-refractivity contribution is 9.10. The summed E-state index contributed by atoms with van der Waals surface area (Å²) >= 11 is 3.39. The summed E-state index contributed by atoms with van der Waals surface area (Å²) in [6.45, 7) is 0.100. The number of carbonyl (C=O) groups is 3. The molecule has 0 atom stereocenters. The third-order valence-corrected chi connectivity index (χ3v) is 6.96. The number of ether oxygens (including phenoxy) is 6. The van der Waals surface area contributed by atoms with E-state index in [0.29, 0.717) is 50.0 Å². The summed E-state index contributed by atoms with van der Waals surface area (Å²) in [6.07, 6.45) is 1.34. The summed E-state index contributed by atoms with van der Waals surface area (Å²) < 4.78 is 32.9. The van der Waals surface area contributed by atoms with Crippen LogP contribution in [0.3, 0.4) is 0 Å².